The number of rotatable bonds is 59. The monoisotopic (exact) mass is 1050 g/mol. The van der Waals surface area contributed by atoms with Crippen LogP contribution in [0.15, 0.2) is 72.9 Å². The van der Waals surface area contributed by atoms with Crippen molar-refractivity contribution in [2.75, 3.05) is 13.2 Å². The first kappa shape index (κ1) is 71.8. The molecule has 0 aromatic carbocycles. The summed E-state index contributed by atoms with van der Waals surface area (Å²) < 4.78 is 16.8. The van der Waals surface area contributed by atoms with Crippen molar-refractivity contribution in [1.82, 2.24) is 0 Å². The lowest BCUT2D eigenvalue weighted by molar-refractivity contribution is -0.167. The van der Waals surface area contributed by atoms with Crippen LogP contribution >= 0.6 is 0 Å². The van der Waals surface area contributed by atoms with Gasteiger partial charge in [-0.15, -0.1) is 0 Å². The molecule has 434 valence electrons. The van der Waals surface area contributed by atoms with E-state index in [1.54, 1.807) is 0 Å². The van der Waals surface area contributed by atoms with Crippen LogP contribution in [0.2, 0.25) is 0 Å². The van der Waals surface area contributed by atoms with Gasteiger partial charge in [-0.2, -0.15) is 0 Å². The molecule has 0 radical (unpaired) electrons. The highest BCUT2D eigenvalue weighted by Crippen LogP contribution is 2.17. The molecule has 0 saturated heterocycles. The Hall–Kier alpha value is -3.15. The smallest absolute Gasteiger partial charge is 0.306 e. The number of hydrogen-bond donors (Lipinski definition) is 0. The molecule has 1 atom stereocenters. The van der Waals surface area contributed by atoms with E-state index in [0.29, 0.717) is 19.3 Å². The zero-order valence-electron chi connectivity index (χ0n) is 49.8. The van der Waals surface area contributed by atoms with E-state index < -0.39 is 6.10 Å². The van der Waals surface area contributed by atoms with Gasteiger partial charge in [-0.1, -0.05) is 312 Å². The first-order chi connectivity index (χ1) is 37.0. The van der Waals surface area contributed by atoms with E-state index in [1.807, 2.05) is 0 Å². The summed E-state index contributed by atoms with van der Waals surface area (Å²) in [6.07, 6.45) is 82.4. The van der Waals surface area contributed by atoms with Crippen molar-refractivity contribution in [1.29, 1.82) is 0 Å². The van der Waals surface area contributed by atoms with Crippen LogP contribution in [0.4, 0.5) is 0 Å². The van der Waals surface area contributed by atoms with Crippen LogP contribution in [0.5, 0.6) is 0 Å². The molecule has 0 N–H and O–H groups in total. The molecule has 1 unspecified atom stereocenters. The van der Waals surface area contributed by atoms with Crippen molar-refractivity contribution >= 4 is 17.9 Å². The van der Waals surface area contributed by atoms with Crippen LogP contribution in [0, 0.1) is 0 Å². The fourth-order valence-electron chi connectivity index (χ4n) is 9.39. The highest BCUT2D eigenvalue weighted by atomic mass is 16.6. The van der Waals surface area contributed by atoms with Crippen LogP contribution in [-0.2, 0) is 28.6 Å². The van der Waals surface area contributed by atoms with Gasteiger partial charge in [0.2, 0.25) is 0 Å². The van der Waals surface area contributed by atoms with Gasteiger partial charge in [0.25, 0.3) is 0 Å². The molecule has 0 aliphatic heterocycles. The topological polar surface area (TPSA) is 78.9 Å². The summed E-state index contributed by atoms with van der Waals surface area (Å²) in [6, 6.07) is 0. The Morgan fingerprint density at radius 1 is 0.280 bits per heavy atom. The van der Waals surface area contributed by atoms with Gasteiger partial charge in [0, 0.05) is 19.3 Å². The average Bonchev–Trinajstić information content (AvgIpc) is 3.41. The van der Waals surface area contributed by atoms with Crippen LogP contribution in [0.1, 0.15) is 329 Å². The molecule has 0 aliphatic carbocycles. The second-order valence-corrected chi connectivity index (χ2v) is 21.7. The van der Waals surface area contributed by atoms with E-state index >= 15 is 0 Å². The number of carbonyl (C=O) groups is 3. The van der Waals surface area contributed by atoms with Crippen molar-refractivity contribution < 1.29 is 28.6 Å². The van der Waals surface area contributed by atoms with Crippen molar-refractivity contribution in [3.05, 3.63) is 72.9 Å². The Balaban J connectivity index is 4.07. The summed E-state index contributed by atoms with van der Waals surface area (Å²) in [5.41, 5.74) is 0. The van der Waals surface area contributed by atoms with Gasteiger partial charge in [-0.3, -0.25) is 14.4 Å². The molecular weight excluding hydrogens is 925 g/mol. The van der Waals surface area contributed by atoms with Gasteiger partial charge in [0.15, 0.2) is 6.10 Å². The lowest BCUT2D eigenvalue weighted by Gasteiger charge is -2.18. The molecule has 0 saturated carbocycles. The predicted molar refractivity (Wildman–Crippen MR) is 325 cm³/mol. The minimum atomic E-state index is -0.772. The maximum absolute atomic E-state index is 12.8. The molecule has 0 heterocycles. The summed E-state index contributed by atoms with van der Waals surface area (Å²) in [4.78, 5) is 38.0. The molecular formula is C69H122O6. The van der Waals surface area contributed by atoms with Crippen LogP contribution in [0.25, 0.3) is 0 Å². The Morgan fingerprint density at radius 3 is 0.813 bits per heavy atom. The summed E-state index contributed by atoms with van der Waals surface area (Å²) >= 11 is 0. The first-order valence-corrected chi connectivity index (χ1v) is 32.4. The first-order valence-electron chi connectivity index (χ1n) is 32.4. The molecule has 0 bridgehead atoms. The maximum atomic E-state index is 12.8. The van der Waals surface area contributed by atoms with Gasteiger partial charge in [-0.05, 0) is 70.6 Å². The van der Waals surface area contributed by atoms with E-state index in [0.717, 1.165) is 96.3 Å². The Morgan fingerprint density at radius 2 is 0.520 bits per heavy atom. The normalized spacial score (nSPS) is 12.5. The van der Waals surface area contributed by atoms with Gasteiger partial charge in [-0.25, -0.2) is 0 Å². The SMILES string of the molecule is CC/C=C\C/C=C\C/C=C\C/C=C\C/C=C\C/C=C\CCCCCCCCCCCCC(=O)OCC(COC(=O)CCCCCCCC)OC(=O)CCCCCCCCCCCCCCCCCCCCCCCC. The van der Waals surface area contributed by atoms with E-state index in [9.17, 15) is 14.4 Å². The molecule has 0 aromatic rings. The zero-order chi connectivity index (χ0) is 54.3. The maximum Gasteiger partial charge on any atom is 0.306 e. The van der Waals surface area contributed by atoms with Crippen molar-refractivity contribution in [3.63, 3.8) is 0 Å². The van der Waals surface area contributed by atoms with E-state index in [-0.39, 0.29) is 31.1 Å². The molecule has 6 nitrogen and oxygen atoms in total. The molecule has 0 fully saturated rings. The lowest BCUT2D eigenvalue weighted by Crippen LogP contribution is -2.30. The van der Waals surface area contributed by atoms with Gasteiger partial charge >= 0.3 is 17.9 Å². The van der Waals surface area contributed by atoms with Gasteiger partial charge in [0.1, 0.15) is 13.2 Å². The predicted octanol–water partition coefficient (Wildman–Crippen LogP) is 22.1. The fraction of sp³-hybridized carbons (Fsp3) is 0.783. The number of carbonyl (C=O) groups excluding carboxylic acids is 3. The molecule has 0 amide bonds. The second kappa shape index (κ2) is 63.4. The minimum Gasteiger partial charge on any atom is -0.462 e. The van der Waals surface area contributed by atoms with Gasteiger partial charge in [0.05, 0.1) is 0 Å². The second-order valence-electron chi connectivity index (χ2n) is 21.7. The minimum absolute atomic E-state index is 0.0729. The molecule has 0 rings (SSSR count). The van der Waals surface area contributed by atoms with E-state index in [1.165, 1.54) is 193 Å². The van der Waals surface area contributed by atoms with Crippen LogP contribution < -0.4 is 0 Å². The van der Waals surface area contributed by atoms with Crippen molar-refractivity contribution in [2.24, 2.45) is 0 Å². The third kappa shape index (κ3) is 61.6. The third-order valence-electron chi connectivity index (χ3n) is 14.2. The quantitative estimate of drug-likeness (QED) is 0.0261. The van der Waals surface area contributed by atoms with Crippen LogP contribution in [0.3, 0.4) is 0 Å². The average molecular weight is 1050 g/mol. The third-order valence-corrected chi connectivity index (χ3v) is 14.2. The zero-order valence-corrected chi connectivity index (χ0v) is 49.8. The standard InChI is InChI=1S/C69H122O6/c1-4-7-10-13-16-18-20-22-24-26-28-30-32-33-34-35-36-37-38-40-41-43-45-47-49-51-53-56-59-62-68(71)74-65-66(64-73-67(70)61-58-55-15-12-9-6-3)75-69(72)63-60-57-54-52-50-48-46-44-42-39-31-29-27-25-23-21-19-17-14-11-8-5-2/h7,10,16,18,22,24,28,30,33-34,36-37,66H,4-6,8-9,11-15,17,19-21,23,25-27,29,31-32,35,38-65H2,1-3H3/b10-7-,18-16-,24-22-,30-28-,34-33-,37-36-. The Bertz CT molecular complexity index is 1390. The molecule has 0 spiro atoms. The summed E-state index contributed by atoms with van der Waals surface area (Å²) in [6.45, 7) is 6.51. The molecule has 75 heavy (non-hydrogen) atoms. The van der Waals surface area contributed by atoms with E-state index in [4.69, 9.17) is 14.2 Å². The van der Waals surface area contributed by atoms with E-state index in [2.05, 4.69) is 93.7 Å². The summed E-state index contributed by atoms with van der Waals surface area (Å²) in [7, 11) is 0. The van der Waals surface area contributed by atoms with Crippen molar-refractivity contribution in [2.45, 2.75) is 335 Å². The number of allylic oxidation sites excluding steroid dienone is 12. The Kier molecular flexibility index (Phi) is 60.7. The lowest BCUT2D eigenvalue weighted by atomic mass is 10.0. The largest absolute Gasteiger partial charge is 0.462 e. The van der Waals surface area contributed by atoms with Crippen molar-refractivity contribution in [3.8, 4) is 0 Å². The number of esters is 3. The molecule has 0 aliphatic rings. The fourth-order valence-corrected chi connectivity index (χ4v) is 9.39. The Labute approximate surface area is 465 Å². The number of unbranched alkanes of at least 4 members (excludes halogenated alkanes) is 36. The summed E-state index contributed by atoms with van der Waals surface area (Å²) in [5.74, 6) is -0.871. The van der Waals surface area contributed by atoms with Gasteiger partial charge < -0.3 is 14.2 Å². The van der Waals surface area contributed by atoms with Crippen LogP contribution in [-0.4, -0.2) is 37.2 Å². The molecule has 0 aromatic heterocycles. The molecule has 6 heteroatoms. The number of ether oxygens (including phenoxy) is 3. The highest BCUT2D eigenvalue weighted by molar-refractivity contribution is 5.71. The summed E-state index contributed by atoms with van der Waals surface area (Å²) in [5, 5.41) is 0. The highest BCUT2D eigenvalue weighted by Gasteiger charge is 2.19. The number of hydrogen-bond acceptors (Lipinski definition) is 6.